The summed E-state index contributed by atoms with van der Waals surface area (Å²) in [6, 6.07) is 0.455. The number of rotatable bonds is 3. The highest BCUT2D eigenvalue weighted by molar-refractivity contribution is 7.09. The number of aromatic nitrogens is 2. The van der Waals surface area contributed by atoms with Gasteiger partial charge in [-0.1, -0.05) is 13.3 Å². The van der Waals surface area contributed by atoms with Crippen LogP contribution in [0.15, 0.2) is 6.33 Å². The third kappa shape index (κ3) is 2.29. The lowest BCUT2D eigenvalue weighted by Crippen LogP contribution is -2.46. The van der Waals surface area contributed by atoms with E-state index in [2.05, 4.69) is 21.2 Å². The van der Waals surface area contributed by atoms with Crippen LogP contribution in [0.3, 0.4) is 0 Å². The minimum atomic E-state index is 0.455. The van der Waals surface area contributed by atoms with E-state index in [0.29, 0.717) is 6.04 Å². The van der Waals surface area contributed by atoms with Crippen LogP contribution in [0, 0.1) is 5.92 Å². The maximum Gasteiger partial charge on any atom is 0.205 e. The Hall–Kier alpha value is -0.680. The van der Waals surface area contributed by atoms with Crippen molar-refractivity contribution < 1.29 is 0 Å². The van der Waals surface area contributed by atoms with Gasteiger partial charge in [0.2, 0.25) is 5.13 Å². The number of hydrogen-bond donors (Lipinski definition) is 1. The zero-order valence-electron chi connectivity index (χ0n) is 9.09. The standard InChI is InChI=1S/C10H18N4S/c1-2-8-3-4-14(9(5-8)6-11)10-12-7-13-15-10/h7-9H,2-6,11H2,1H3. The average Bonchev–Trinajstić information content (AvgIpc) is 2.81. The topological polar surface area (TPSA) is 55.0 Å². The van der Waals surface area contributed by atoms with Gasteiger partial charge in [-0.2, -0.15) is 4.37 Å². The van der Waals surface area contributed by atoms with Crippen LogP contribution in [0.1, 0.15) is 26.2 Å². The molecule has 0 saturated carbocycles. The summed E-state index contributed by atoms with van der Waals surface area (Å²) in [6.07, 6.45) is 5.35. The quantitative estimate of drug-likeness (QED) is 0.848. The minimum absolute atomic E-state index is 0.455. The molecule has 0 amide bonds. The Labute approximate surface area is 94.7 Å². The molecule has 0 aliphatic carbocycles. The van der Waals surface area contributed by atoms with Crippen LogP contribution in [0.5, 0.6) is 0 Å². The smallest absolute Gasteiger partial charge is 0.205 e. The minimum Gasteiger partial charge on any atom is -0.343 e. The predicted molar refractivity (Wildman–Crippen MR) is 63.1 cm³/mol. The molecule has 1 saturated heterocycles. The van der Waals surface area contributed by atoms with Gasteiger partial charge >= 0.3 is 0 Å². The molecule has 2 N–H and O–H groups in total. The Kier molecular flexibility index (Phi) is 3.53. The molecule has 1 fully saturated rings. The summed E-state index contributed by atoms with van der Waals surface area (Å²) in [5.41, 5.74) is 5.83. The molecule has 0 radical (unpaired) electrons. The molecule has 2 unspecified atom stereocenters. The Morgan fingerprint density at radius 2 is 2.53 bits per heavy atom. The molecule has 1 aromatic heterocycles. The molecule has 1 aromatic rings. The van der Waals surface area contributed by atoms with Crippen molar-refractivity contribution in [1.29, 1.82) is 0 Å². The molecule has 0 bridgehead atoms. The zero-order valence-corrected chi connectivity index (χ0v) is 9.91. The van der Waals surface area contributed by atoms with Gasteiger partial charge in [0.1, 0.15) is 6.33 Å². The second-order valence-electron chi connectivity index (χ2n) is 4.11. The number of nitrogens with zero attached hydrogens (tertiary/aromatic N) is 3. The number of piperidine rings is 1. The van der Waals surface area contributed by atoms with Crippen molar-refractivity contribution in [2.75, 3.05) is 18.0 Å². The third-order valence-electron chi connectivity index (χ3n) is 3.27. The number of anilines is 1. The van der Waals surface area contributed by atoms with Crippen LogP contribution < -0.4 is 10.6 Å². The summed E-state index contributed by atoms with van der Waals surface area (Å²) >= 11 is 1.47. The molecule has 5 heteroatoms. The van der Waals surface area contributed by atoms with Crippen LogP contribution in [0.25, 0.3) is 0 Å². The van der Waals surface area contributed by atoms with Crippen LogP contribution in [-0.4, -0.2) is 28.5 Å². The summed E-state index contributed by atoms with van der Waals surface area (Å²) < 4.78 is 4.05. The summed E-state index contributed by atoms with van der Waals surface area (Å²) in [4.78, 5) is 6.59. The fraction of sp³-hybridized carbons (Fsp3) is 0.800. The van der Waals surface area contributed by atoms with Crippen LogP contribution in [0.4, 0.5) is 5.13 Å². The van der Waals surface area contributed by atoms with E-state index < -0.39 is 0 Å². The fourth-order valence-electron chi connectivity index (χ4n) is 2.27. The normalized spacial score (nSPS) is 26.9. The summed E-state index contributed by atoms with van der Waals surface area (Å²) in [6.45, 7) is 4.06. The van der Waals surface area contributed by atoms with Gasteiger partial charge in [-0.15, -0.1) is 0 Å². The van der Waals surface area contributed by atoms with Gasteiger partial charge < -0.3 is 10.6 Å². The van der Waals surface area contributed by atoms with E-state index in [1.807, 2.05) is 0 Å². The maximum atomic E-state index is 5.83. The van der Waals surface area contributed by atoms with E-state index in [0.717, 1.165) is 24.1 Å². The molecule has 4 nitrogen and oxygen atoms in total. The monoisotopic (exact) mass is 226 g/mol. The van der Waals surface area contributed by atoms with E-state index in [4.69, 9.17) is 5.73 Å². The van der Waals surface area contributed by atoms with Crippen molar-refractivity contribution in [2.24, 2.45) is 11.7 Å². The van der Waals surface area contributed by atoms with Crippen LogP contribution in [-0.2, 0) is 0 Å². The highest BCUT2D eigenvalue weighted by Crippen LogP contribution is 2.29. The van der Waals surface area contributed by atoms with Gasteiger partial charge in [0.05, 0.1) is 0 Å². The fourth-order valence-corrected chi connectivity index (χ4v) is 2.90. The Balaban J connectivity index is 2.06. The SMILES string of the molecule is CCC1CCN(c2ncns2)C(CN)C1. The summed E-state index contributed by atoms with van der Waals surface area (Å²) in [5.74, 6) is 0.836. The predicted octanol–water partition coefficient (Wildman–Crippen LogP) is 1.49. The molecule has 2 heterocycles. The van der Waals surface area contributed by atoms with Gasteiger partial charge in [-0.25, -0.2) is 4.98 Å². The van der Waals surface area contributed by atoms with Gasteiger partial charge in [0.25, 0.3) is 0 Å². The van der Waals surface area contributed by atoms with E-state index in [-0.39, 0.29) is 0 Å². The van der Waals surface area contributed by atoms with E-state index in [9.17, 15) is 0 Å². The molecule has 15 heavy (non-hydrogen) atoms. The Morgan fingerprint density at radius 3 is 3.13 bits per heavy atom. The maximum absolute atomic E-state index is 5.83. The first-order chi connectivity index (χ1) is 7.35. The van der Waals surface area contributed by atoms with E-state index in [1.54, 1.807) is 6.33 Å². The summed E-state index contributed by atoms with van der Waals surface area (Å²) in [5, 5.41) is 1.03. The first-order valence-electron chi connectivity index (χ1n) is 5.58. The highest BCUT2D eigenvalue weighted by atomic mass is 32.1. The van der Waals surface area contributed by atoms with Crippen LogP contribution in [0.2, 0.25) is 0 Å². The van der Waals surface area contributed by atoms with E-state index in [1.165, 1.54) is 30.8 Å². The van der Waals surface area contributed by atoms with Crippen molar-refractivity contribution in [3.63, 3.8) is 0 Å². The van der Waals surface area contributed by atoms with Crippen molar-refractivity contribution in [3.05, 3.63) is 6.33 Å². The third-order valence-corrected chi connectivity index (χ3v) is 3.97. The second-order valence-corrected chi connectivity index (χ2v) is 4.86. The lowest BCUT2D eigenvalue weighted by molar-refractivity contribution is 0.335. The second kappa shape index (κ2) is 4.90. The highest BCUT2D eigenvalue weighted by Gasteiger charge is 2.28. The zero-order chi connectivity index (χ0) is 10.7. The molecule has 2 atom stereocenters. The van der Waals surface area contributed by atoms with Gasteiger partial charge in [-0.3, -0.25) is 0 Å². The molecule has 84 valence electrons. The lowest BCUT2D eigenvalue weighted by Gasteiger charge is -2.38. The molecule has 0 aromatic carbocycles. The molecule has 2 rings (SSSR count). The number of nitrogens with two attached hydrogens (primary N) is 1. The first-order valence-corrected chi connectivity index (χ1v) is 6.35. The Morgan fingerprint density at radius 1 is 1.67 bits per heavy atom. The first kappa shape index (κ1) is 10.8. The molecular formula is C10H18N4S. The average molecular weight is 226 g/mol. The summed E-state index contributed by atoms with van der Waals surface area (Å²) in [7, 11) is 0. The van der Waals surface area contributed by atoms with Gasteiger partial charge in [-0.05, 0) is 18.8 Å². The van der Waals surface area contributed by atoms with Crippen LogP contribution >= 0.6 is 11.5 Å². The molecular weight excluding hydrogens is 208 g/mol. The molecule has 0 spiro atoms. The van der Waals surface area contributed by atoms with Crippen molar-refractivity contribution in [2.45, 2.75) is 32.2 Å². The van der Waals surface area contributed by atoms with Crippen molar-refractivity contribution in [3.8, 4) is 0 Å². The lowest BCUT2D eigenvalue weighted by atomic mass is 9.89. The number of hydrogen-bond acceptors (Lipinski definition) is 5. The largest absolute Gasteiger partial charge is 0.343 e. The molecule has 1 aliphatic rings. The molecule has 1 aliphatic heterocycles. The van der Waals surface area contributed by atoms with Crippen molar-refractivity contribution >= 4 is 16.7 Å². The Bertz CT molecular complexity index is 288. The van der Waals surface area contributed by atoms with Gasteiger partial charge in [0, 0.05) is 30.7 Å². The van der Waals surface area contributed by atoms with E-state index >= 15 is 0 Å². The van der Waals surface area contributed by atoms with Gasteiger partial charge in [0.15, 0.2) is 0 Å². The van der Waals surface area contributed by atoms with Crippen molar-refractivity contribution in [1.82, 2.24) is 9.36 Å².